The molecule has 0 unspecified atom stereocenters. The van der Waals surface area contributed by atoms with Gasteiger partial charge in [0.2, 0.25) is 0 Å². The van der Waals surface area contributed by atoms with Gasteiger partial charge in [0, 0.05) is 0 Å². The molecule has 5 aliphatic rings. The second kappa shape index (κ2) is 6.99. The molecule has 184 valence electrons. The Morgan fingerprint density at radius 3 is 2.24 bits per heavy atom. The molecule has 33 heavy (non-hydrogen) atoms. The van der Waals surface area contributed by atoms with Gasteiger partial charge in [0.25, 0.3) is 0 Å². The van der Waals surface area contributed by atoms with Gasteiger partial charge in [-0.2, -0.15) is 0 Å². The Balaban J connectivity index is 1.61. The van der Waals surface area contributed by atoms with E-state index in [4.69, 9.17) is 0 Å². The maximum absolute atomic E-state index is 12.8. The molecule has 3 nitrogen and oxygen atoms in total. The highest BCUT2D eigenvalue weighted by atomic mass is 16.4. The number of allylic oxidation sites excluding steroid dienone is 3. The summed E-state index contributed by atoms with van der Waals surface area (Å²) in [6, 6.07) is 0. The highest BCUT2D eigenvalue weighted by Gasteiger charge is 2.69. The van der Waals surface area contributed by atoms with E-state index in [1.54, 1.807) is 0 Å². The number of aliphatic hydroxyl groups is 1. The van der Waals surface area contributed by atoms with E-state index in [-0.39, 0.29) is 27.8 Å². The number of carboxylic acid groups (broad SMARTS) is 1. The minimum absolute atomic E-state index is 0.0263. The standard InChI is InChI=1S/C30H46O3/c1-18-10-15-30(25(32)33)17-16-28(6)20(24(30)19(18)2)8-9-22-27(5)13-12-23(31)26(3,4)21(27)11-14-29(22,28)7/h10,20-23,31H,8-9,11-17H2,1-7H3,(H,32,33)/t20-,21+,22-,23+,27+,28-,29-,30+/m1/s1. The van der Waals surface area contributed by atoms with E-state index in [0.29, 0.717) is 24.2 Å². The highest BCUT2D eigenvalue weighted by molar-refractivity contribution is 5.81. The van der Waals surface area contributed by atoms with Crippen LogP contribution in [0.5, 0.6) is 0 Å². The molecule has 0 bridgehead atoms. The van der Waals surface area contributed by atoms with Crippen LogP contribution in [0.2, 0.25) is 0 Å². The SMILES string of the molecule is CC1=CC[C@]2(C(=O)O)CC[C@]3(C)[C@H](CC[C@@H]4[C@@]5(C)CC[C@H](O)C(C)(C)[C@@H]5CC[C@]43C)C2=C1C. The average Bonchev–Trinajstić information content (AvgIpc) is 2.74. The first-order chi connectivity index (χ1) is 15.3. The first kappa shape index (κ1) is 23.6. The number of aliphatic carboxylic acids is 1. The monoisotopic (exact) mass is 454 g/mol. The predicted molar refractivity (Wildman–Crippen MR) is 133 cm³/mol. The van der Waals surface area contributed by atoms with Gasteiger partial charge in [0.15, 0.2) is 0 Å². The van der Waals surface area contributed by atoms with Gasteiger partial charge >= 0.3 is 5.97 Å². The zero-order valence-electron chi connectivity index (χ0n) is 22.1. The molecule has 0 saturated heterocycles. The average molecular weight is 455 g/mol. The lowest BCUT2D eigenvalue weighted by atomic mass is 9.32. The van der Waals surface area contributed by atoms with E-state index in [9.17, 15) is 15.0 Å². The molecule has 0 radical (unpaired) electrons. The molecule has 0 aliphatic heterocycles. The molecule has 0 amide bonds. The molecule has 0 spiro atoms. The Kier molecular flexibility index (Phi) is 5.01. The van der Waals surface area contributed by atoms with Crippen molar-refractivity contribution in [2.24, 2.45) is 44.8 Å². The fourth-order valence-corrected chi connectivity index (χ4v) is 10.6. The summed E-state index contributed by atoms with van der Waals surface area (Å²) in [5, 5.41) is 21.4. The quantitative estimate of drug-likeness (QED) is 0.442. The second-order valence-corrected chi connectivity index (χ2v) is 14.0. The van der Waals surface area contributed by atoms with E-state index < -0.39 is 11.4 Å². The topological polar surface area (TPSA) is 57.5 Å². The van der Waals surface area contributed by atoms with Crippen molar-refractivity contribution >= 4 is 5.97 Å². The van der Waals surface area contributed by atoms with Crippen molar-refractivity contribution in [3.8, 4) is 0 Å². The third-order valence-electron chi connectivity index (χ3n) is 12.9. The van der Waals surface area contributed by atoms with E-state index in [1.807, 2.05) is 0 Å². The number of fused-ring (bicyclic) bond motifs is 7. The van der Waals surface area contributed by atoms with Crippen molar-refractivity contribution in [1.29, 1.82) is 0 Å². The van der Waals surface area contributed by atoms with Crippen LogP contribution in [-0.2, 0) is 4.79 Å². The Labute approximate surface area is 201 Å². The van der Waals surface area contributed by atoms with Gasteiger partial charge in [-0.15, -0.1) is 0 Å². The lowest BCUT2D eigenvalue weighted by Gasteiger charge is -2.72. The molecule has 5 aliphatic carbocycles. The minimum atomic E-state index is -0.686. The van der Waals surface area contributed by atoms with E-state index in [2.05, 4.69) is 54.5 Å². The van der Waals surface area contributed by atoms with Gasteiger partial charge in [-0.25, -0.2) is 0 Å². The zero-order chi connectivity index (χ0) is 24.2. The van der Waals surface area contributed by atoms with Crippen LogP contribution in [0.1, 0.15) is 106 Å². The number of hydrogen-bond donors (Lipinski definition) is 2. The maximum Gasteiger partial charge on any atom is 0.314 e. The summed E-state index contributed by atoms with van der Waals surface area (Å²) in [5.74, 6) is 0.980. The van der Waals surface area contributed by atoms with Crippen LogP contribution in [-0.4, -0.2) is 22.3 Å². The molecule has 8 atom stereocenters. The fourth-order valence-electron chi connectivity index (χ4n) is 10.6. The van der Waals surface area contributed by atoms with Gasteiger partial charge in [-0.3, -0.25) is 4.79 Å². The van der Waals surface area contributed by atoms with Crippen LogP contribution in [0.15, 0.2) is 22.8 Å². The van der Waals surface area contributed by atoms with Gasteiger partial charge < -0.3 is 10.2 Å². The van der Waals surface area contributed by atoms with E-state index >= 15 is 0 Å². The molecule has 3 heteroatoms. The van der Waals surface area contributed by atoms with Gasteiger partial charge in [0.05, 0.1) is 11.5 Å². The highest BCUT2D eigenvalue weighted by Crippen LogP contribution is 2.76. The molecule has 0 aromatic heterocycles. The molecule has 0 heterocycles. The Morgan fingerprint density at radius 1 is 0.879 bits per heavy atom. The molecule has 0 aromatic rings. The van der Waals surface area contributed by atoms with Crippen LogP contribution in [0.4, 0.5) is 0 Å². The summed E-state index contributed by atoms with van der Waals surface area (Å²) in [6.07, 6.45) is 11.2. The number of hydrogen-bond acceptors (Lipinski definition) is 2. The number of aliphatic hydroxyl groups excluding tert-OH is 1. The third kappa shape index (κ3) is 2.69. The van der Waals surface area contributed by atoms with Crippen LogP contribution in [0.3, 0.4) is 0 Å². The van der Waals surface area contributed by atoms with Crippen molar-refractivity contribution in [3.63, 3.8) is 0 Å². The lowest BCUT2D eigenvalue weighted by Crippen LogP contribution is -2.66. The normalized spacial score (nSPS) is 51.0. The van der Waals surface area contributed by atoms with Gasteiger partial charge in [-0.1, -0.05) is 46.3 Å². The van der Waals surface area contributed by atoms with Crippen LogP contribution >= 0.6 is 0 Å². The maximum atomic E-state index is 12.8. The van der Waals surface area contributed by atoms with Crippen molar-refractivity contribution < 1.29 is 15.0 Å². The summed E-state index contributed by atoms with van der Waals surface area (Å²) < 4.78 is 0. The van der Waals surface area contributed by atoms with Crippen molar-refractivity contribution in [1.82, 2.24) is 0 Å². The summed E-state index contributed by atoms with van der Waals surface area (Å²) in [4.78, 5) is 12.8. The third-order valence-corrected chi connectivity index (χ3v) is 12.9. The Bertz CT molecular complexity index is 942. The first-order valence-electron chi connectivity index (χ1n) is 13.6. The van der Waals surface area contributed by atoms with Gasteiger partial charge in [0.1, 0.15) is 0 Å². The summed E-state index contributed by atoms with van der Waals surface area (Å²) >= 11 is 0. The molecule has 0 aromatic carbocycles. The number of carboxylic acids is 1. The Hall–Kier alpha value is -1.09. The summed E-state index contributed by atoms with van der Waals surface area (Å²) in [5.41, 5.74) is 3.74. The molecule has 5 rings (SSSR count). The van der Waals surface area contributed by atoms with Crippen LogP contribution in [0.25, 0.3) is 0 Å². The molecule has 2 N–H and O–H groups in total. The summed E-state index contributed by atoms with van der Waals surface area (Å²) in [7, 11) is 0. The largest absolute Gasteiger partial charge is 0.481 e. The molecular weight excluding hydrogens is 408 g/mol. The van der Waals surface area contributed by atoms with Gasteiger partial charge in [-0.05, 0) is 122 Å². The number of rotatable bonds is 1. The zero-order valence-corrected chi connectivity index (χ0v) is 22.1. The van der Waals surface area contributed by atoms with Crippen molar-refractivity contribution in [3.05, 3.63) is 22.8 Å². The Morgan fingerprint density at radius 2 is 1.58 bits per heavy atom. The molecule has 4 fully saturated rings. The minimum Gasteiger partial charge on any atom is -0.481 e. The lowest BCUT2D eigenvalue weighted by molar-refractivity contribution is -0.229. The second-order valence-electron chi connectivity index (χ2n) is 14.0. The number of carbonyl (C=O) groups is 1. The fraction of sp³-hybridized carbons (Fsp3) is 0.833. The molecule has 4 saturated carbocycles. The first-order valence-corrected chi connectivity index (χ1v) is 13.6. The van der Waals surface area contributed by atoms with Crippen LogP contribution < -0.4 is 0 Å². The predicted octanol–water partition coefficient (Wildman–Crippen LogP) is 7.15. The van der Waals surface area contributed by atoms with E-state index in [1.165, 1.54) is 36.0 Å². The molecular formula is C30H46O3. The van der Waals surface area contributed by atoms with Crippen molar-refractivity contribution in [2.75, 3.05) is 0 Å². The van der Waals surface area contributed by atoms with Crippen molar-refractivity contribution in [2.45, 2.75) is 112 Å². The summed E-state index contributed by atoms with van der Waals surface area (Å²) in [6.45, 7) is 16.7. The smallest absolute Gasteiger partial charge is 0.314 e. The van der Waals surface area contributed by atoms with E-state index in [0.717, 1.165) is 32.1 Å². The van der Waals surface area contributed by atoms with Crippen LogP contribution in [0, 0.1) is 44.8 Å².